The Kier molecular flexibility index (Phi) is 8.99. The summed E-state index contributed by atoms with van der Waals surface area (Å²) >= 11 is 0. The first-order chi connectivity index (χ1) is 8.49. The highest BCUT2D eigenvalue weighted by Crippen LogP contribution is 2.20. The highest BCUT2D eigenvalue weighted by Gasteiger charge is 2.20. The van der Waals surface area contributed by atoms with Gasteiger partial charge in [0, 0.05) is 0 Å². The first kappa shape index (κ1) is 16.7. The normalized spacial score (nSPS) is 14.9. The van der Waals surface area contributed by atoms with E-state index < -0.39 is 11.9 Å². The molecule has 0 saturated heterocycles. The van der Waals surface area contributed by atoms with Crippen molar-refractivity contribution >= 4 is 5.97 Å². The first-order valence-electron chi connectivity index (χ1n) is 6.68. The predicted octanol–water partition coefficient (Wildman–Crippen LogP) is 4.59. The minimum absolute atomic E-state index is 0.157. The molecular weight excluding hydrogens is 224 g/mol. The van der Waals surface area contributed by atoms with Crippen LogP contribution < -0.4 is 0 Å². The molecule has 0 aromatic rings. The van der Waals surface area contributed by atoms with E-state index in [-0.39, 0.29) is 5.92 Å². The lowest BCUT2D eigenvalue weighted by Crippen LogP contribution is -2.19. The van der Waals surface area contributed by atoms with Crippen LogP contribution in [0.15, 0.2) is 36.0 Å². The van der Waals surface area contributed by atoms with Crippen LogP contribution in [0.3, 0.4) is 0 Å². The summed E-state index contributed by atoms with van der Waals surface area (Å²) in [7, 11) is 0. The van der Waals surface area contributed by atoms with Crippen LogP contribution in [0.1, 0.15) is 47.0 Å². The van der Waals surface area contributed by atoms with Gasteiger partial charge in [-0.1, -0.05) is 49.8 Å². The Morgan fingerprint density at radius 1 is 1.28 bits per heavy atom. The van der Waals surface area contributed by atoms with E-state index in [1.54, 1.807) is 6.08 Å². The van der Waals surface area contributed by atoms with E-state index >= 15 is 0 Å². The van der Waals surface area contributed by atoms with Crippen LogP contribution in [0, 0.1) is 11.8 Å². The minimum atomic E-state index is -0.735. The molecule has 0 fully saturated rings. The fourth-order valence-corrected chi connectivity index (χ4v) is 1.73. The first-order valence-corrected chi connectivity index (χ1v) is 6.68. The van der Waals surface area contributed by atoms with Crippen LogP contribution in [0.2, 0.25) is 0 Å². The Balaban J connectivity index is 4.40. The quantitative estimate of drug-likeness (QED) is 0.505. The van der Waals surface area contributed by atoms with Crippen LogP contribution in [-0.4, -0.2) is 11.1 Å². The van der Waals surface area contributed by atoms with Crippen LogP contribution >= 0.6 is 0 Å². The molecule has 1 N–H and O–H groups in total. The number of carboxylic acids is 1. The van der Waals surface area contributed by atoms with Crippen molar-refractivity contribution in [3.8, 4) is 0 Å². The zero-order valence-electron chi connectivity index (χ0n) is 12.0. The van der Waals surface area contributed by atoms with Crippen molar-refractivity contribution in [2.24, 2.45) is 11.8 Å². The van der Waals surface area contributed by atoms with E-state index in [9.17, 15) is 9.90 Å². The van der Waals surface area contributed by atoms with Crippen LogP contribution in [0.4, 0.5) is 0 Å². The van der Waals surface area contributed by atoms with Crippen molar-refractivity contribution < 1.29 is 9.90 Å². The van der Waals surface area contributed by atoms with Gasteiger partial charge >= 0.3 is 5.97 Å². The molecule has 18 heavy (non-hydrogen) atoms. The number of hydrogen-bond donors (Lipinski definition) is 1. The molecule has 0 aromatic carbocycles. The molecule has 2 nitrogen and oxygen atoms in total. The Morgan fingerprint density at radius 2 is 1.94 bits per heavy atom. The smallest absolute Gasteiger partial charge is 0.310 e. The SMILES string of the molecule is CC/C=C/C=C/C(C(=O)O)C(C)CCC=C(C)C. The van der Waals surface area contributed by atoms with Gasteiger partial charge in [0.05, 0.1) is 5.92 Å². The summed E-state index contributed by atoms with van der Waals surface area (Å²) in [5.41, 5.74) is 1.29. The molecule has 2 atom stereocenters. The van der Waals surface area contributed by atoms with Crippen molar-refractivity contribution in [3.05, 3.63) is 36.0 Å². The van der Waals surface area contributed by atoms with E-state index in [0.29, 0.717) is 0 Å². The lowest BCUT2D eigenvalue weighted by molar-refractivity contribution is -0.141. The molecule has 0 bridgehead atoms. The highest BCUT2D eigenvalue weighted by atomic mass is 16.4. The molecule has 0 aliphatic rings. The van der Waals surface area contributed by atoms with E-state index in [2.05, 4.69) is 26.8 Å². The van der Waals surface area contributed by atoms with Crippen molar-refractivity contribution in [3.63, 3.8) is 0 Å². The van der Waals surface area contributed by atoms with Crippen LogP contribution in [0.25, 0.3) is 0 Å². The molecule has 0 aliphatic heterocycles. The number of aliphatic carboxylic acids is 1. The van der Waals surface area contributed by atoms with Crippen molar-refractivity contribution in [2.75, 3.05) is 0 Å². The molecule has 0 radical (unpaired) electrons. The summed E-state index contributed by atoms with van der Waals surface area (Å²) in [5, 5.41) is 9.22. The second-order valence-corrected chi connectivity index (χ2v) is 4.92. The second-order valence-electron chi connectivity index (χ2n) is 4.92. The van der Waals surface area contributed by atoms with Crippen molar-refractivity contribution in [1.82, 2.24) is 0 Å². The molecule has 0 saturated carbocycles. The number of hydrogen-bond acceptors (Lipinski definition) is 1. The Morgan fingerprint density at radius 3 is 2.44 bits per heavy atom. The zero-order valence-corrected chi connectivity index (χ0v) is 12.0. The molecule has 0 spiro atoms. The molecule has 0 heterocycles. The molecule has 2 heteroatoms. The molecule has 0 aromatic heterocycles. The lowest BCUT2D eigenvalue weighted by Gasteiger charge is -2.15. The molecular formula is C16H26O2. The van der Waals surface area contributed by atoms with Crippen LogP contribution in [-0.2, 0) is 4.79 Å². The summed E-state index contributed by atoms with van der Waals surface area (Å²) in [6.45, 7) is 8.19. The summed E-state index contributed by atoms with van der Waals surface area (Å²) in [4.78, 5) is 11.2. The Labute approximate surface area is 111 Å². The van der Waals surface area contributed by atoms with Gasteiger partial charge in [-0.15, -0.1) is 0 Å². The average Bonchev–Trinajstić information content (AvgIpc) is 2.27. The zero-order chi connectivity index (χ0) is 14.0. The molecule has 102 valence electrons. The summed E-state index contributed by atoms with van der Waals surface area (Å²) in [5.74, 6) is -0.970. The fraction of sp³-hybridized carbons (Fsp3) is 0.562. The maximum Gasteiger partial charge on any atom is 0.310 e. The molecule has 0 amide bonds. The molecule has 0 aliphatic carbocycles. The standard InChI is InChI=1S/C16H26O2/c1-5-6-7-8-12-15(16(17)18)14(4)11-9-10-13(2)3/h6-8,10,12,14-15H,5,9,11H2,1-4H3,(H,17,18)/b7-6+,12-8+. The number of rotatable bonds is 8. The van der Waals surface area contributed by atoms with E-state index in [1.807, 2.05) is 25.2 Å². The van der Waals surface area contributed by atoms with Crippen LogP contribution in [0.5, 0.6) is 0 Å². The van der Waals surface area contributed by atoms with Crippen molar-refractivity contribution in [1.29, 1.82) is 0 Å². The van der Waals surface area contributed by atoms with Gasteiger partial charge in [-0.25, -0.2) is 0 Å². The number of allylic oxidation sites excluding steroid dienone is 5. The highest BCUT2D eigenvalue weighted by molar-refractivity contribution is 5.72. The van der Waals surface area contributed by atoms with Gasteiger partial charge < -0.3 is 5.11 Å². The predicted molar refractivity (Wildman–Crippen MR) is 77.5 cm³/mol. The fourth-order valence-electron chi connectivity index (χ4n) is 1.73. The van der Waals surface area contributed by atoms with E-state index in [1.165, 1.54) is 5.57 Å². The van der Waals surface area contributed by atoms with Gasteiger partial charge in [0.25, 0.3) is 0 Å². The van der Waals surface area contributed by atoms with Gasteiger partial charge in [-0.3, -0.25) is 4.79 Å². The number of carbonyl (C=O) groups is 1. The molecule has 0 rings (SSSR count). The van der Waals surface area contributed by atoms with Crippen molar-refractivity contribution in [2.45, 2.75) is 47.0 Å². The minimum Gasteiger partial charge on any atom is -0.481 e. The molecule has 2 unspecified atom stereocenters. The Hall–Kier alpha value is -1.31. The number of carboxylic acid groups (broad SMARTS) is 1. The third kappa shape index (κ3) is 7.88. The summed E-state index contributed by atoms with van der Waals surface area (Å²) in [6, 6.07) is 0. The maximum atomic E-state index is 11.2. The monoisotopic (exact) mass is 250 g/mol. The van der Waals surface area contributed by atoms with E-state index in [4.69, 9.17) is 0 Å². The summed E-state index contributed by atoms with van der Waals surface area (Å²) < 4.78 is 0. The maximum absolute atomic E-state index is 11.2. The largest absolute Gasteiger partial charge is 0.481 e. The third-order valence-electron chi connectivity index (χ3n) is 2.87. The second kappa shape index (κ2) is 9.69. The lowest BCUT2D eigenvalue weighted by atomic mass is 9.89. The van der Waals surface area contributed by atoms with Gasteiger partial charge in [0.1, 0.15) is 0 Å². The topological polar surface area (TPSA) is 37.3 Å². The van der Waals surface area contributed by atoms with Gasteiger partial charge in [-0.2, -0.15) is 0 Å². The van der Waals surface area contributed by atoms with Gasteiger partial charge in [0.15, 0.2) is 0 Å². The average molecular weight is 250 g/mol. The Bertz CT molecular complexity index is 320. The third-order valence-corrected chi connectivity index (χ3v) is 2.87. The summed E-state index contributed by atoms with van der Waals surface area (Å²) in [6.07, 6.45) is 12.6. The van der Waals surface area contributed by atoms with Gasteiger partial charge in [0.2, 0.25) is 0 Å². The van der Waals surface area contributed by atoms with E-state index in [0.717, 1.165) is 19.3 Å². The van der Waals surface area contributed by atoms with Gasteiger partial charge in [-0.05, 0) is 39.0 Å².